The van der Waals surface area contributed by atoms with E-state index in [2.05, 4.69) is 38.6 Å². The van der Waals surface area contributed by atoms with Crippen molar-refractivity contribution < 1.29 is 4.74 Å². The zero-order chi connectivity index (χ0) is 15.2. The maximum absolute atomic E-state index is 5.97. The number of hydrogen-bond acceptors (Lipinski definition) is 6. The summed E-state index contributed by atoms with van der Waals surface area (Å²) >= 11 is 5.97. The van der Waals surface area contributed by atoms with Gasteiger partial charge in [0.1, 0.15) is 0 Å². The zero-order valence-corrected chi connectivity index (χ0v) is 13.8. The summed E-state index contributed by atoms with van der Waals surface area (Å²) in [5.41, 5.74) is 0. The molecule has 0 unspecified atom stereocenters. The van der Waals surface area contributed by atoms with Gasteiger partial charge in [-0.05, 0) is 23.9 Å². The third-order valence-electron chi connectivity index (χ3n) is 3.29. The Morgan fingerprint density at radius 3 is 2.48 bits per heavy atom. The molecule has 1 fully saturated rings. The van der Waals surface area contributed by atoms with Gasteiger partial charge in [0.25, 0.3) is 0 Å². The number of halogens is 1. The van der Waals surface area contributed by atoms with E-state index in [0.717, 1.165) is 39.1 Å². The minimum Gasteiger partial charge on any atom is -0.463 e. The van der Waals surface area contributed by atoms with Crippen molar-refractivity contribution in [2.24, 2.45) is 5.92 Å². The van der Waals surface area contributed by atoms with Crippen LogP contribution in [0.2, 0.25) is 5.28 Å². The lowest BCUT2D eigenvalue weighted by molar-refractivity contribution is 0.230. The van der Waals surface area contributed by atoms with Crippen molar-refractivity contribution in [3.63, 3.8) is 0 Å². The molecule has 0 saturated carbocycles. The molecule has 6 nitrogen and oxygen atoms in total. The molecule has 0 N–H and O–H groups in total. The Labute approximate surface area is 131 Å². The first-order chi connectivity index (χ1) is 10.1. The van der Waals surface area contributed by atoms with Crippen LogP contribution in [0.3, 0.4) is 0 Å². The van der Waals surface area contributed by atoms with Crippen LogP contribution in [0.5, 0.6) is 6.01 Å². The Morgan fingerprint density at radius 2 is 1.86 bits per heavy atom. The van der Waals surface area contributed by atoms with Gasteiger partial charge >= 0.3 is 6.01 Å². The number of anilines is 1. The Morgan fingerprint density at radius 1 is 1.14 bits per heavy atom. The first-order valence-corrected chi connectivity index (χ1v) is 7.98. The first kappa shape index (κ1) is 16.2. The van der Waals surface area contributed by atoms with Gasteiger partial charge in [-0.15, -0.1) is 0 Å². The molecule has 1 aliphatic rings. The van der Waals surface area contributed by atoms with Crippen molar-refractivity contribution in [3.05, 3.63) is 5.28 Å². The number of nitrogens with zero attached hydrogens (tertiary/aromatic N) is 5. The van der Waals surface area contributed by atoms with Gasteiger partial charge in [0.15, 0.2) is 0 Å². The number of piperazine rings is 1. The molecular formula is C14H24ClN5O. The Hall–Kier alpha value is -1.14. The molecule has 1 aromatic rings. The fraction of sp³-hybridized carbons (Fsp3) is 0.786. The summed E-state index contributed by atoms with van der Waals surface area (Å²) in [6, 6.07) is 0.316. The highest BCUT2D eigenvalue weighted by molar-refractivity contribution is 6.28. The highest BCUT2D eigenvalue weighted by Gasteiger charge is 2.20. The number of hydrogen-bond donors (Lipinski definition) is 0. The first-order valence-electron chi connectivity index (χ1n) is 7.60. The van der Waals surface area contributed by atoms with Crippen LogP contribution in [0.25, 0.3) is 0 Å². The molecule has 0 atom stereocenters. The lowest BCUT2D eigenvalue weighted by Gasteiger charge is -2.35. The maximum Gasteiger partial charge on any atom is 0.322 e. The monoisotopic (exact) mass is 313 g/mol. The van der Waals surface area contributed by atoms with Crippen LogP contribution < -0.4 is 9.64 Å². The Balaban J connectivity index is 1.97. The van der Waals surface area contributed by atoms with Crippen LogP contribution >= 0.6 is 11.6 Å². The maximum atomic E-state index is 5.97. The molecule has 0 aromatic carbocycles. The van der Waals surface area contributed by atoms with E-state index in [9.17, 15) is 0 Å². The van der Waals surface area contributed by atoms with Gasteiger partial charge in [0.2, 0.25) is 11.2 Å². The quantitative estimate of drug-likeness (QED) is 0.801. The molecule has 0 bridgehead atoms. The summed E-state index contributed by atoms with van der Waals surface area (Å²) in [4.78, 5) is 17.2. The third-order valence-corrected chi connectivity index (χ3v) is 3.46. The van der Waals surface area contributed by atoms with E-state index in [-0.39, 0.29) is 5.28 Å². The molecule has 1 aromatic heterocycles. The molecule has 0 aliphatic carbocycles. The Kier molecular flexibility index (Phi) is 5.99. The fourth-order valence-corrected chi connectivity index (χ4v) is 2.52. The number of ether oxygens (including phenoxy) is 1. The van der Waals surface area contributed by atoms with Crippen LogP contribution in [0.1, 0.15) is 27.2 Å². The van der Waals surface area contributed by atoms with Crippen LogP contribution in [0, 0.1) is 5.92 Å². The summed E-state index contributed by atoms with van der Waals surface area (Å²) < 4.78 is 5.46. The van der Waals surface area contributed by atoms with E-state index in [1.807, 2.05) is 6.92 Å². The summed E-state index contributed by atoms with van der Waals surface area (Å²) in [6.45, 7) is 12.1. The standard InChI is InChI=1S/C14H24ClN5O/c1-4-9-21-14-17-12(15)16-13(18-14)20-7-5-19(6-8-20)10-11(2)3/h11H,4-10H2,1-3H3. The van der Waals surface area contributed by atoms with Gasteiger partial charge in [-0.3, -0.25) is 4.90 Å². The van der Waals surface area contributed by atoms with E-state index < -0.39 is 0 Å². The smallest absolute Gasteiger partial charge is 0.322 e. The van der Waals surface area contributed by atoms with E-state index in [4.69, 9.17) is 16.3 Å². The van der Waals surface area contributed by atoms with Crippen LogP contribution in [-0.4, -0.2) is 59.2 Å². The van der Waals surface area contributed by atoms with Crippen molar-refractivity contribution >= 4 is 17.5 Å². The minimum absolute atomic E-state index is 0.190. The summed E-state index contributed by atoms with van der Waals surface area (Å²) in [5.74, 6) is 1.31. The van der Waals surface area contributed by atoms with E-state index >= 15 is 0 Å². The second-order valence-electron chi connectivity index (χ2n) is 5.72. The van der Waals surface area contributed by atoms with Crippen LogP contribution in [0.4, 0.5) is 5.95 Å². The lowest BCUT2D eigenvalue weighted by Crippen LogP contribution is -2.48. The number of rotatable bonds is 6. The Bertz CT molecular complexity index is 449. The molecule has 2 heterocycles. The van der Waals surface area contributed by atoms with Crippen LogP contribution in [0.15, 0.2) is 0 Å². The molecule has 21 heavy (non-hydrogen) atoms. The van der Waals surface area contributed by atoms with Crippen molar-refractivity contribution in [2.45, 2.75) is 27.2 Å². The summed E-state index contributed by atoms with van der Waals surface area (Å²) in [7, 11) is 0. The van der Waals surface area contributed by atoms with Crippen molar-refractivity contribution in [1.29, 1.82) is 0 Å². The molecule has 0 radical (unpaired) electrons. The van der Waals surface area contributed by atoms with Gasteiger partial charge < -0.3 is 9.64 Å². The minimum atomic E-state index is 0.190. The summed E-state index contributed by atoms with van der Waals surface area (Å²) in [6.07, 6.45) is 0.909. The topological polar surface area (TPSA) is 54.4 Å². The highest BCUT2D eigenvalue weighted by atomic mass is 35.5. The van der Waals surface area contributed by atoms with Crippen molar-refractivity contribution in [2.75, 3.05) is 44.2 Å². The van der Waals surface area contributed by atoms with Crippen LogP contribution in [-0.2, 0) is 0 Å². The average molecular weight is 314 g/mol. The molecular weight excluding hydrogens is 290 g/mol. The normalized spacial score (nSPS) is 16.5. The molecule has 0 spiro atoms. The molecule has 1 saturated heterocycles. The fourth-order valence-electron chi connectivity index (χ4n) is 2.37. The van der Waals surface area contributed by atoms with Gasteiger partial charge in [-0.25, -0.2) is 0 Å². The second kappa shape index (κ2) is 7.75. The van der Waals surface area contributed by atoms with Crippen molar-refractivity contribution in [1.82, 2.24) is 19.9 Å². The average Bonchev–Trinajstić information content (AvgIpc) is 2.44. The lowest BCUT2D eigenvalue weighted by atomic mass is 10.2. The molecule has 7 heteroatoms. The predicted octanol–water partition coefficient (Wildman–Crippen LogP) is 2.09. The zero-order valence-electron chi connectivity index (χ0n) is 13.0. The SMILES string of the molecule is CCCOc1nc(Cl)nc(N2CCN(CC(C)C)CC2)n1. The van der Waals surface area contributed by atoms with E-state index in [1.165, 1.54) is 0 Å². The molecule has 2 rings (SSSR count). The molecule has 118 valence electrons. The largest absolute Gasteiger partial charge is 0.463 e. The van der Waals surface area contributed by atoms with Crippen molar-refractivity contribution in [3.8, 4) is 6.01 Å². The number of aromatic nitrogens is 3. The third kappa shape index (κ3) is 4.97. The molecule has 1 aliphatic heterocycles. The van der Waals surface area contributed by atoms with Gasteiger partial charge in [-0.2, -0.15) is 15.0 Å². The van der Waals surface area contributed by atoms with Gasteiger partial charge in [0.05, 0.1) is 6.61 Å². The highest BCUT2D eigenvalue weighted by Crippen LogP contribution is 2.17. The second-order valence-corrected chi connectivity index (χ2v) is 6.06. The van der Waals surface area contributed by atoms with E-state index in [0.29, 0.717) is 24.5 Å². The molecule has 0 amide bonds. The van der Waals surface area contributed by atoms with Gasteiger partial charge in [0, 0.05) is 32.7 Å². The van der Waals surface area contributed by atoms with Gasteiger partial charge in [-0.1, -0.05) is 20.8 Å². The predicted molar refractivity (Wildman–Crippen MR) is 84.1 cm³/mol. The summed E-state index contributed by atoms with van der Waals surface area (Å²) in [5, 5.41) is 0.190. The van der Waals surface area contributed by atoms with E-state index in [1.54, 1.807) is 0 Å².